The summed E-state index contributed by atoms with van der Waals surface area (Å²) >= 11 is 3.26. The Balaban J connectivity index is 2.75. The molecule has 2 aromatic rings. The lowest BCUT2D eigenvalue weighted by Crippen LogP contribution is -2.24. The summed E-state index contributed by atoms with van der Waals surface area (Å²) in [5.41, 5.74) is 0.183. The second kappa shape index (κ2) is 4.05. The van der Waals surface area contributed by atoms with Gasteiger partial charge in [0.15, 0.2) is 0 Å². The van der Waals surface area contributed by atoms with Crippen molar-refractivity contribution in [1.82, 2.24) is 9.55 Å². The Bertz CT molecular complexity index is 621. The van der Waals surface area contributed by atoms with Crippen LogP contribution in [0, 0.1) is 0 Å². The van der Waals surface area contributed by atoms with Crippen LogP contribution in [0.4, 0.5) is 0 Å². The monoisotopic (exact) mass is 282 g/mol. The predicted octanol–water partition coefficient (Wildman–Crippen LogP) is 1.24. The summed E-state index contributed by atoms with van der Waals surface area (Å²) in [5.74, 6) is -1.06. The fraction of sp³-hybridized carbons (Fsp3) is 0.100. The van der Waals surface area contributed by atoms with E-state index in [0.29, 0.717) is 15.4 Å². The molecule has 0 unspecified atom stereocenters. The van der Waals surface area contributed by atoms with Crippen molar-refractivity contribution in [3.05, 3.63) is 39.4 Å². The van der Waals surface area contributed by atoms with Crippen molar-refractivity contribution >= 4 is 32.8 Å². The van der Waals surface area contributed by atoms with E-state index in [1.807, 2.05) is 0 Å². The van der Waals surface area contributed by atoms with Gasteiger partial charge in [0, 0.05) is 12.4 Å². The number of carboxylic acid groups (broad SMARTS) is 1. The van der Waals surface area contributed by atoms with Gasteiger partial charge in [0.2, 0.25) is 0 Å². The maximum atomic E-state index is 11.9. The molecule has 0 aliphatic heterocycles. The van der Waals surface area contributed by atoms with Crippen molar-refractivity contribution in [2.24, 2.45) is 0 Å². The van der Waals surface area contributed by atoms with Crippen LogP contribution in [0.5, 0.6) is 0 Å². The molecule has 0 saturated heterocycles. The van der Waals surface area contributed by atoms with Gasteiger partial charge in [-0.1, -0.05) is 0 Å². The largest absolute Gasteiger partial charge is 0.480 e. The smallest absolute Gasteiger partial charge is 0.323 e. The molecule has 0 amide bonds. The molecule has 16 heavy (non-hydrogen) atoms. The van der Waals surface area contributed by atoms with Crippen molar-refractivity contribution in [2.75, 3.05) is 0 Å². The summed E-state index contributed by atoms with van der Waals surface area (Å²) < 4.78 is 1.74. The Labute approximate surface area is 98.5 Å². The molecule has 0 aromatic carbocycles. The van der Waals surface area contributed by atoms with Gasteiger partial charge < -0.3 is 9.67 Å². The van der Waals surface area contributed by atoms with E-state index < -0.39 is 5.97 Å². The highest BCUT2D eigenvalue weighted by Crippen LogP contribution is 2.17. The average Bonchev–Trinajstić information content (AvgIpc) is 2.25. The highest BCUT2D eigenvalue weighted by atomic mass is 79.9. The van der Waals surface area contributed by atoms with Gasteiger partial charge in [-0.2, -0.15) is 0 Å². The van der Waals surface area contributed by atoms with E-state index in [1.54, 1.807) is 18.3 Å². The summed E-state index contributed by atoms with van der Waals surface area (Å²) in [6.07, 6.45) is 3.01. The second-order valence-electron chi connectivity index (χ2n) is 3.20. The quantitative estimate of drug-likeness (QED) is 0.900. The number of halogens is 1. The van der Waals surface area contributed by atoms with Crippen molar-refractivity contribution in [1.29, 1.82) is 0 Å². The number of nitrogens with zero attached hydrogens (tertiary/aromatic N) is 2. The third kappa shape index (κ3) is 1.83. The number of aliphatic carboxylic acids is 1. The summed E-state index contributed by atoms with van der Waals surface area (Å²) in [6.45, 7) is -0.359. The Hall–Kier alpha value is -1.69. The van der Waals surface area contributed by atoms with E-state index in [9.17, 15) is 9.59 Å². The molecular formula is C10H7BrN2O3. The maximum Gasteiger partial charge on any atom is 0.323 e. The van der Waals surface area contributed by atoms with E-state index >= 15 is 0 Å². The molecule has 82 valence electrons. The van der Waals surface area contributed by atoms with Gasteiger partial charge in [-0.25, -0.2) is 0 Å². The first kappa shape index (κ1) is 10.8. The predicted molar refractivity (Wildman–Crippen MR) is 61.3 cm³/mol. The molecule has 1 N–H and O–H groups in total. The number of aromatic nitrogens is 2. The van der Waals surface area contributed by atoms with E-state index in [2.05, 4.69) is 20.9 Å². The van der Waals surface area contributed by atoms with Crippen LogP contribution in [0.3, 0.4) is 0 Å². The standard InChI is InChI=1S/C10H7BrN2O3/c11-7-4-13(5-8(14)15)10(16)6-2-1-3-12-9(6)7/h1-4H,5H2,(H,14,15). The highest BCUT2D eigenvalue weighted by Gasteiger charge is 2.09. The van der Waals surface area contributed by atoms with Crippen molar-refractivity contribution in [3.8, 4) is 0 Å². The third-order valence-corrected chi connectivity index (χ3v) is 2.68. The minimum absolute atomic E-state index is 0.353. The first-order valence-corrected chi connectivity index (χ1v) is 5.24. The van der Waals surface area contributed by atoms with Crippen LogP contribution < -0.4 is 5.56 Å². The SMILES string of the molecule is O=C(O)Cn1cc(Br)c2ncccc2c1=O. The Morgan fingerprint density at radius 1 is 1.56 bits per heavy atom. The Kier molecular flexibility index (Phi) is 2.74. The number of hydrogen-bond donors (Lipinski definition) is 1. The molecule has 0 radical (unpaired) electrons. The molecule has 0 atom stereocenters. The second-order valence-corrected chi connectivity index (χ2v) is 4.06. The van der Waals surface area contributed by atoms with Crippen LogP contribution in [0.1, 0.15) is 0 Å². The summed E-state index contributed by atoms with van der Waals surface area (Å²) in [5, 5.41) is 9.06. The molecular weight excluding hydrogens is 276 g/mol. The minimum atomic E-state index is -1.06. The normalized spacial score (nSPS) is 10.6. The van der Waals surface area contributed by atoms with Crippen molar-refractivity contribution in [2.45, 2.75) is 6.54 Å². The average molecular weight is 283 g/mol. The fourth-order valence-electron chi connectivity index (χ4n) is 1.44. The van der Waals surface area contributed by atoms with Crippen molar-refractivity contribution < 1.29 is 9.90 Å². The molecule has 2 rings (SSSR count). The molecule has 0 aliphatic carbocycles. The molecule has 0 bridgehead atoms. The zero-order valence-electron chi connectivity index (χ0n) is 8.05. The highest BCUT2D eigenvalue weighted by molar-refractivity contribution is 9.10. The van der Waals surface area contributed by atoms with Gasteiger partial charge in [0.05, 0.1) is 15.4 Å². The van der Waals surface area contributed by atoms with E-state index in [0.717, 1.165) is 4.57 Å². The maximum absolute atomic E-state index is 11.9. The van der Waals surface area contributed by atoms with Crippen LogP contribution in [-0.4, -0.2) is 20.6 Å². The first-order chi connectivity index (χ1) is 7.59. The molecule has 2 aromatic heterocycles. The van der Waals surface area contributed by atoms with Crippen molar-refractivity contribution in [3.63, 3.8) is 0 Å². The van der Waals surface area contributed by atoms with Crippen LogP contribution in [0.15, 0.2) is 33.8 Å². The lowest BCUT2D eigenvalue weighted by Gasteiger charge is -2.05. The van der Waals surface area contributed by atoms with E-state index in [4.69, 9.17) is 5.11 Å². The van der Waals surface area contributed by atoms with Gasteiger partial charge in [0.1, 0.15) is 6.54 Å². The van der Waals surface area contributed by atoms with Gasteiger partial charge in [0.25, 0.3) is 5.56 Å². The minimum Gasteiger partial charge on any atom is -0.480 e. The van der Waals surface area contributed by atoms with Crippen LogP contribution in [0.25, 0.3) is 10.9 Å². The van der Waals surface area contributed by atoms with Crippen LogP contribution in [-0.2, 0) is 11.3 Å². The Morgan fingerprint density at radius 2 is 2.31 bits per heavy atom. The summed E-state index contributed by atoms with van der Waals surface area (Å²) in [7, 11) is 0. The number of carboxylic acids is 1. The third-order valence-electron chi connectivity index (χ3n) is 2.10. The summed E-state index contributed by atoms with van der Waals surface area (Å²) in [6, 6.07) is 3.26. The molecule has 6 heteroatoms. The number of carbonyl (C=O) groups is 1. The molecule has 5 nitrogen and oxygen atoms in total. The zero-order valence-corrected chi connectivity index (χ0v) is 9.64. The fourth-order valence-corrected chi connectivity index (χ4v) is 2.01. The van der Waals surface area contributed by atoms with Gasteiger partial charge in [-0.15, -0.1) is 0 Å². The number of rotatable bonds is 2. The van der Waals surface area contributed by atoms with Gasteiger partial charge in [-0.3, -0.25) is 14.6 Å². The van der Waals surface area contributed by atoms with Crippen LogP contribution >= 0.6 is 15.9 Å². The van der Waals surface area contributed by atoms with Gasteiger partial charge in [-0.05, 0) is 28.1 Å². The number of pyridine rings is 2. The molecule has 0 aliphatic rings. The lowest BCUT2D eigenvalue weighted by molar-refractivity contribution is -0.137. The number of hydrogen-bond acceptors (Lipinski definition) is 3. The summed E-state index contributed by atoms with van der Waals surface area (Å²) in [4.78, 5) is 26.5. The lowest BCUT2D eigenvalue weighted by atomic mass is 10.2. The van der Waals surface area contributed by atoms with E-state index in [1.165, 1.54) is 6.20 Å². The molecule has 0 fully saturated rings. The number of fused-ring (bicyclic) bond motifs is 1. The molecule has 2 heterocycles. The van der Waals surface area contributed by atoms with E-state index in [-0.39, 0.29) is 12.1 Å². The molecule has 0 saturated carbocycles. The first-order valence-electron chi connectivity index (χ1n) is 4.45. The molecule has 0 spiro atoms. The van der Waals surface area contributed by atoms with Gasteiger partial charge >= 0.3 is 5.97 Å². The van der Waals surface area contributed by atoms with Crippen LogP contribution in [0.2, 0.25) is 0 Å². The zero-order chi connectivity index (χ0) is 11.7. The Morgan fingerprint density at radius 3 is 3.00 bits per heavy atom. The topological polar surface area (TPSA) is 72.2 Å².